The van der Waals surface area contributed by atoms with Crippen molar-refractivity contribution in [3.05, 3.63) is 181 Å². The average Bonchev–Trinajstić information content (AvgIpc) is 3.70. The predicted octanol–water partition coefficient (Wildman–Crippen LogP) is 13.5. The van der Waals surface area contributed by atoms with Crippen molar-refractivity contribution in [3.63, 3.8) is 0 Å². The van der Waals surface area contributed by atoms with Crippen molar-refractivity contribution >= 4 is 31.5 Å². The van der Waals surface area contributed by atoms with Gasteiger partial charge in [0.1, 0.15) is 0 Å². The number of rotatable bonds is 5. The SMILES string of the molecule is CC1(C)c2ccccc2-c2ccc(-c3ccc(-c4ccc5c(sc6ccccc65)c4-c4nc(-c5ccccc5)cc(-c5ccccc5)n4)cc3)cc21. The second-order valence-corrected chi connectivity index (χ2v) is 15.2. The molecule has 2 aromatic heterocycles. The van der Waals surface area contributed by atoms with Crippen molar-refractivity contribution in [1.29, 1.82) is 0 Å². The molecule has 0 saturated carbocycles. The highest BCUT2D eigenvalue weighted by molar-refractivity contribution is 7.26. The van der Waals surface area contributed by atoms with E-state index in [0.29, 0.717) is 0 Å². The van der Waals surface area contributed by atoms with Crippen LogP contribution in [0, 0.1) is 0 Å². The summed E-state index contributed by atoms with van der Waals surface area (Å²) < 4.78 is 2.46. The molecule has 2 heterocycles. The van der Waals surface area contributed by atoms with Crippen LogP contribution < -0.4 is 0 Å². The summed E-state index contributed by atoms with van der Waals surface area (Å²) in [6.45, 7) is 4.68. The first-order chi connectivity index (χ1) is 25.5. The molecule has 0 radical (unpaired) electrons. The molecule has 3 heteroatoms. The Morgan fingerprint density at radius 3 is 1.73 bits per heavy atom. The molecule has 2 nitrogen and oxygen atoms in total. The standard InChI is InChI=1S/C49H34N2S/c1-49(2)41-19-11-9-17-37(41)38-26-25-35(29-42(38)49)31-21-23-32(24-22-31)36-27-28-40-39-18-10-12-20-45(39)52-47(40)46(36)48-50-43(33-13-5-3-6-14-33)30-44(51-48)34-15-7-4-8-16-34/h3-30H,1-2H3. The van der Waals surface area contributed by atoms with E-state index in [4.69, 9.17) is 9.97 Å². The Morgan fingerprint density at radius 1 is 0.423 bits per heavy atom. The van der Waals surface area contributed by atoms with E-state index in [2.05, 4.69) is 172 Å². The molecule has 0 N–H and O–H groups in total. The van der Waals surface area contributed by atoms with Gasteiger partial charge in [-0.25, -0.2) is 9.97 Å². The molecule has 7 aromatic carbocycles. The zero-order valence-corrected chi connectivity index (χ0v) is 29.8. The van der Waals surface area contributed by atoms with Crippen LogP contribution in [0.1, 0.15) is 25.0 Å². The van der Waals surface area contributed by atoms with Gasteiger partial charge in [0.2, 0.25) is 0 Å². The average molecular weight is 683 g/mol. The highest BCUT2D eigenvalue weighted by Gasteiger charge is 2.35. The van der Waals surface area contributed by atoms with Gasteiger partial charge in [0, 0.05) is 42.3 Å². The van der Waals surface area contributed by atoms with E-state index in [9.17, 15) is 0 Å². The third-order valence-corrected chi connectivity index (χ3v) is 12.0. The van der Waals surface area contributed by atoms with E-state index >= 15 is 0 Å². The maximum Gasteiger partial charge on any atom is 0.162 e. The van der Waals surface area contributed by atoms with Crippen LogP contribution in [-0.2, 0) is 5.41 Å². The first kappa shape index (κ1) is 30.6. The van der Waals surface area contributed by atoms with Gasteiger partial charge in [-0.3, -0.25) is 0 Å². The molecule has 9 aromatic rings. The second kappa shape index (κ2) is 12.0. The van der Waals surface area contributed by atoms with E-state index in [1.165, 1.54) is 53.6 Å². The van der Waals surface area contributed by atoms with Gasteiger partial charge in [0.05, 0.1) is 11.4 Å². The molecular weight excluding hydrogens is 649 g/mol. The molecule has 0 aliphatic heterocycles. The molecule has 10 rings (SSSR count). The van der Waals surface area contributed by atoms with E-state index in [-0.39, 0.29) is 5.41 Å². The van der Waals surface area contributed by atoms with Gasteiger partial charge < -0.3 is 0 Å². The van der Waals surface area contributed by atoms with E-state index in [0.717, 1.165) is 45.0 Å². The van der Waals surface area contributed by atoms with Crippen LogP contribution in [0.15, 0.2) is 170 Å². The Kier molecular flexibility index (Phi) is 7.06. The number of thiophene rings is 1. The zero-order chi connectivity index (χ0) is 34.8. The Hall–Kier alpha value is -6.16. The first-order valence-electron chi connectivity index (χ1n) is 17.8. The number of benzene rings is 7. The maximum absolute atomic E-state index is 5.33. The molecule has 52 heavy (non-hydrogen) atoms. The molecule has 0 saturated heterocycles. The van der Waals surface area contributed by atoms with Crippen molar-refractivity contribution < 1.29 is 0 Å². The molecular formula is C49H34N2S. The summed E-state index contributed by atoms with van der Waals surface area (Å²) in [5.41, 5.74) is 15.2. The lowest BCUT2D eigenvalue weighted by atomic mass is 9.81. The van der Waals surface area contributed by atoms with Crippen LogP contribution in [-0.4, -0.2) is 9.97 Å². The molecule has 0 spiro atoms. The number of nitrogens with zero attached hydrogens (tertiary/aromatic N) is 2. The number of hydrogen-bond donors (Lipinski definition) is 0. The van der Waals surface area contributed by atoms with Gasteiger partial charge in [-0.05, 0) is 62.7 Å². The summed E-state index contributed by atoms with van der Waals surface area (Å²) in [4.78, 5) is 10.7. The van der Waals surface area contributed by atoms with Gasteiger partial charge in [0.15, 0.2) is 5.82 Å². The first-order valence-corrected chi connectivity index (χ1v) is 18.6. The van der Waals surface area contributed by atoms with Crippen LogP contribution in [0.25, 0.3) is 87.5 Å². The molecule has 246 valence electrons. The van der Waals surface area contributed by atoms with Gasteiger partial charge >= 0.3 is 0 Å². The highest BCUT2D eigenvalue weighted by Crippen LogP contribution is 2.50. The van der Waals surface area contributed by atoms with Gasteiger partial charge in [-0.15, -0.1) is 11.3 Å². The summed E-state index contributed by atoms with van der Waals surface area (Å²) in [7, 11) is 0. The van der Waals surface area contributed by atoms with Gasteiger partial charge in [-0.1, -0.05) is 166 Å². The van der Waals surface area contributed by atoms with Crippen LogP contribution in [0.5, 0.6) is 0 Å². The Balaban J connectivity index is 1.15. The molecule has 0 unspecified atom stereocenters. The Labute approximate surface area is 307 Å². The molecule has 0 atom stereocenters. The quantitative estimate of drug-likeness (QED) is 0.181. The zero-order valence-electron chi connectivity index (χ0n) is 29.0. The number of aromatic nitrogens is 2. The van der Waals surface area contributed by atoms with Crippen LogP contribution >= 0.6 is 11.3 Å². The summed E-state index contributed by atoms with van der Waals surface area (Å²) in [5.74, 6) is 0.733. The third kappa shape index (κ3) is 4.92. The van der Waals surface area contributed by atoms with Crippen LogP contribution in [0.3, 0.4) is 0 Å². The fourth-order valence-corrected chi connectivity index (χ4v) is 9.30. The van der Waals surface area contributed by atoms with Crippen LogP contribution in [0.2, 0.25) is 0 Å². The fourth-order valence-electron chi connectivity index (χ4n) is 8.05. The van der Waals surface area contributed by atoms with Gasteiger partial charge in [0.25, 0.3) is 0 Å². The van der Waals surface area contributed by atoms with Crippen molar-refractivity contribution in [2.75, 3.05) is 0 Å². The Morgan fingerprint density at radius 2 is 1.00 bits per heavy atom. The van der Waals surface area contributed by atoms with Crippen molar-refractivity contribution in [1.82, 2.24) is 9.97 Å². The van der Waals surface area contributed by atoms with Crippen molar-refractivity contribution in [2.45, 2.75) is 19.3 Å². The van der Waals surface area contributed by atoms with Crippen LogP contribution in [0.4, 0.5) is 0 Å². The maximum atomic E-state index is 5.33. The molecule has 1 aliphatic carbocycles. The minimum Gasteiger partial charge on any atom is -0.228 e. The van der Waals surface area contributed by atoms with E-state index in [1.807, 2.05) is 23.5 Å². The Bertz CT molecular complexity index is 2740. The summed E-state index contributed by atoms with van der Waals surface area (Å²) in [6, 6.07) is 61.1. The third-order valence-electron chi connectivity index (χ3n) is 10.7. The summed E-state index contributed by atoms with van der Waals surface area (Å²) in [6.07, 6.45) is 0. The molecule has 0 fully saturated rings. The van der Waals surface area contributed by atoms with Crippen molar-refractivity contribution in [3.8, 4) is 67.3 Å². The number of fused-ring (bicyclic) bond motifs is 6. The van der Waals surface area contributed by atoms with E-state index in [1.54, 1.807) is 0 Å². The highest BCUT2D eigenvalue weighted by atomic mass is 32.1. The lowest BCUT2D eigenvalue weighted by Gasteiger charge is -2.22. The monoisotopic (exact) mass is 682 g/mol. The fraction of sp³-hybridized carbons (Fsp3) is 0.0612. The summed E-state index contributed by atoms with van der Waals surface area (Å²) in [5, 5.41) is 2.49. The van der Waals surface area contributed by atoms with E-state index < -0.39 is 0 Å². The van der Waals surface area contributed by atoms with Crippen molar-refractivity contribution in [2.24, 2.45) is 0 Å². The lowest BCUT2D eigenvalue weighted by Crippen LogP contribution is -2.14. The molecule has 0 bridgehead atoms. The minimum atomic E-state index is -0.0384. The molecule has 1 aliphatic rings. The minimum absolute atomic E-state index is 0.0384. The molecule has 0 amide bonds. The summed E-state index contributed by atoms with van der Waals surface area (Å²) >= 11 is 1.82. The topological polar surface area (TPSA) is 25.8 Å². The largest absolute Gasteiger partial charge is 0.228 e. The number of hydrogen-bond acceptors (Lipinski definition) is 3. The predicted molar refractivity (Wildman–Crippen MR) is 220 cm³/mol. The lowest BCUT2D eigenvalue weighted by molar-refractivity contribution is 0.660. The normalized spacial score (nSPS) is 13.0. The van der Waals surface area contributed by atoms with Gasteiger partial charge in [-0.2, -0.15) is 0 Å². The smallest absolute Gasteiger partial charge is 0.162 e. The second-order valence-electron chi connectivity index (χ2n) is 14.2.